The number of hydrogen-bond donors (Lipinski definition) is 3. The van der Waals surface area contributed by atoms with Crippen LogP contribution in [0, 0.1) is 6.92 Å². The van der Waals surface area contributed by atoms with Crippen LogP contribution in [0.3, 0.4) is 0 Å². The lowest BCUT2D eigenvalue weighted by Crippen LogP contribution is -2.30. The van der Waals surface area contributed by atoms with Crippen LogP contribution < -0.4 is 16.4 Å². The summed E-state index contributed by atoms with van der Waals surface area (Å²) in [4.78, 5) is 37.6. The lowest BCUT2D eigenvalue weighted by Gasteiger charge is -2.18. The van der Waals surface area contributed by atoms with E-state index in [9.17, 15) is 14.4 Å². The summed E-state index contributed by atoms with van der Waals surface area (Å²) in [5, 5.41) is 6.54. The molecular weight excluding hydrogens is 434 g/mol. The van der Waals surface area contributed by atoms with Crippen molar-refractivity contribution in [2.45, 2.75) is 26.3 Å². The van der Waals surface area contributed by atoms with Crippen LogP contribution >= 0.6 is 22.9 Å². The number of carbonyl (C=O) groups excluding carboxylic acids is 3. The van der Waals surface area contributed by atoms with E-state index in [2.05, 4.69) is 10.6 Å². The lowest BCUT2D eigenvalue weighted by molar-refractivity contribution is -0.120. The first-order valence-electron chi connectivity index (χ1n) is 9.57. The highest BCUT2D eigenvalue weighted by Gasteiger charge is 2.24. The molecule has 1 atom stereocenters. The van der Waals surface area contributed by atoms with Gasteiger partial charge in [-0.2, -0.15) is 0 Å². The second-order valence-electron chi connectivity index (χ2n) is 7.02. The molecule has 0 fully saturated rings. The Balaban J connectivity index is 1.87. The SMILES string of the molecule is CC(=O)NC(CC(=O)Nc1sc(C)c(-c2ccccc2)c1C(N)=O)c1ccc(Cl)cc1. The summed E-state index contributed by atoms with van der Waals surface area (Å²) in [6.45, 7) is 3.27. The molecule has 6 nitrogen and oxygen atoms in total. The van der Waals surface area contributed by atoms with Crippen LogP contribution in [0.5, 0.6) is 0 Å². The van der Waals surface area contributed by atoms with Crippen molar-refractivity contribution in [2.75, 3.05) is 5.32 Å². The van der Waals surface area contributed by atoms with Crippen LogP contribution in [0.2, 0.25) is 5.02 Å². The molecule has 160 valence electrons. The molecule has 3 rings (SSSR count). The van der Waals surface area contributed by atoms with Crippen LogP contribution in [-0.4, -0.2) is 17.7 Å². The van der Waals surface area contributed by atoms with E-state index in [4.69, 9.17) is 17.3 Å². The molecule has 0 bridgehead atoms. The quantitative estimate of drug-likeness (QED) is 0.482. The summed E-state index contributed by atoms with van der Waals surface area (Å²) in [6.07, 6.45) is -0.0168. The average molecular weight is 456 g/mol. The maximum absolute atomic E-state index is 12.8. The summed E-state index contributed by atoms with van der Waals surface area (Å²) in [5.74, 6) is -1.23. The molecule has 0 radical (unpaired) electrons. The van der Waals surface area contributed by atoms with Gasteiger partial charge in [-0.1, -0.05) is 54.1 Å². The fourth-order valence-electron chi connectivity index (χ4n) is 3.38. The number of hydrogen-bond acceptors (Lipinski definition) is 4. The Morgan fingerprint density at radius 2 is 1.71 bits per heavy atom. The van der Waals surface area contributed by atoms with E-state index in [1.54, 1.807) is 24.3 Å². The standard InChI is InChI=1S/C23H22ClN3O3S/c1-13-20(16-6-4-3-5-7-16)21(22(25)30)23(31-13)27-19(29)12-18(26-14(2)28)15-8-10-17(24)11-9-15/h3-11,18H,12H2,1-2H3,(H2,25,30)(H,26,28)(H,27,29). The van der Waals surface area contributed by atoms with Crippen molar-refractivity contribution in [3.63, 3.8) is 0 Å². The predicted molar refractivity (Wildman–Crippen MR) is 124 cm³/mol. The van der Waals surface area contributed by atoms with Crippen LogP contribution in [0.15, 0.2) is 54.6 Å². The van der Waals surface area contributed by atoms with Gasteiger partial charge in [0, 0.05) is 22.4 Å². The molecular formula is C23H22ClN3O3S. The number of aryl methyl sites for hydroxylation is 1. The van der Waals surface area contributed by atoms with Crippen molar-refractivity contribution in [2.24, 2.45) is 5.73 Å². The smallest absolute Gasteiger partial charge is 0.252 e. The van der Waals surface area contributed by atoms with Gasteiger partial charge in [0.25, 0.3) is 5.91 Å². The average Bonchev–Trinajstić information content (AvgIpc) is 3.04. The predicted octanol–water partition coefficient (Wildman–Crippen LogP) is 4.68. The number of nitrogens with one attached hydrogen (secondary N) is 2. The molecule has 8 heteroatoms. The normalized spacial score (nSPS) is 11.6. The first-order valence-corrected chi connectivity index (χ1v) is 10.8. The Kier molecular flexibility index (Phi) is 7.09. The molecule has 0 aliphatic heterocycles. The third kappa shape index (κ3) is 5.51. The number of rotatable bonds is 7. The maximum Gasteiger partial charge on any atom is 0.252 e. The van der Waals surface area contributed by atoms with E-state index in [1.165, 1.54) is 18.3 Å². The molecule has 3 amide bonds. The minimum absolute atomic E-state index is 0.0168. The molecule has 0 aliphatic rings. The summed E-state index contributed by atoms with van der Waals surface area (Å²) in [5.41, 5.74) is 8.25. The van der Waals surface area contributed by atoms with E-state index in [0.29, 0.717) is 15.6 Å². The monoisotopic (exact) mass is 455 g/mol. The number of carbonyl (C=O) groups is 3. The van der Waals surface area contributed by atoms with Crippen LogP contribution in [-0.2, 0) is 9.59 Å². The van der Waals surface area contributed by atoms with E-state index in [0.717, 1.165) is 16.0 Å². The van der Waals surface area contributed by atoms with E-state index < -0.39 is 11.9 Å². The van der Waals surface area contributed by atoms with Crippen LogP contribution in [0.25, 0.3) is 11.1 Å². The van der Waals surface area contributed by atoms with Crippen molar-refractivity contribution in [3.8, 4) is 11.1 Å². The fraction of sp³-hybridized carbons (Fsp3) is 0.174. The van der Waals surface area contributed by atoms with Crippen molar-refractivity contribution in [1.29, 1.82) is 0 Å². The number of primary amides is 1. The highest BCUT2D eigenvalue weighted by atomic mass is 35.5. The molecule has 31 heavy (non-hydrogen) atoms. The first kappa shape index (κ1) is 22.5. The molecule has 0 saturated heterocycles. The first-order chi connectivity index (χ1) is 14.8. The van der Waals surface area contributed by atoms with Crippen LogP contribution in [0.1, 0.15) is 40.2 Å². The van der Waals surface area contributed by atoms with Gasteiger partial charge in [-0.05, 0) is 30.2 Å². The number of halogens is 1. The van der Waals surface area contributed by atoms with Gasteiger partial charge in [-0.25, -0.2) is 0 Å². The molecule has 0 saturated carbocycles. The maximum atomic E-state index is 12.8. The minimum atomic E-state index is -0.616. The highest BCUT2D eigenvalue weighted by Crippen LogP contribution is 2.39. The summed E-state index contributed by atoms with van der Waals surface area (Å²) < 4.78 is 0. The molecule has 0 spiro atoms. The Hall–Kier alpha value is -3.16. The Morgan fingerprint density at radius 3 is 2.29 bits per heavy atom. The third-order valence-corrected chi connectivity index (χ3v) is 5.96. The number of anilines is 1. The van der Waals surface area contributed by atoms with Gasteiger partial charge in [0.2, 0.25) is 11.8 Å². The Bertz CT molecular complexity index is 1110. The Labute approximate surface area is 189 Å². The van der Waals surface area contributed by atoms with Gasteiger partial charge in [0.1, 0.15) is 5.00 Å². The summed E-state index contributed by atoms with van der Waals surface area (Å²) >= 11 is 7.23. The number of thiophene rings is 1. The third-order valence-electron chi connectivity index (χ3n) is 4.69. The van der Waals surface area contributed by atoms with Crippen molar-refractivity contribution in [1.82, 2.24) is 5.32 Å². The molecule has 2 aromatic carbocycles. The van der Waals surface area contributed by atoms with Crippen molar-refractivity contribution in [3.05, 3.63) is 75.6 Å². The zero-order valence-electron chi connectivity index (χ0n) is 17.1. The molecule has 1 aromatic heterocycles. The lowest BCUT2D eigenvalue weighted by atomic mass is 10.0. The molecule has 3 aromatic rings. The van der Waals surface area contributed by atoms with Crippen LogP contribution in [0.4, 0.5) is 5.00 Å². The molecule has 0 aliphatic carbocycles. The fourth-order valence-corrected chi connectivity index (χ4v) is 4.60. The van der Waals surface area contributed by atoms with Crippen molar-refractivity contribution >= 4 is 45.7 Å². The second-order valence-corrected chi connectivity index (χ2v) is 8.69. The number of benzene rings is 2. The highest BCUT2D eigenvalue weighted by molar-refractivity contribution is 7.17. The zero-order valence-corrected chi connectivity index (χ0v) is 18.6. The van der Waals surface area contributed by atoms with Gasteiger partial charge in [-0.3, -0.25) is 14.4 Å². The van der Waals surface area contributed by atoms with Crippen molar-refractivity contribution < 1.29 is 14.4 Å². The number of nitrogens with two attached hydrogens (primary N) is 1. The van der Waals surface area contributed by atoms with E-state index in [1.807, 2.05) is 37.3 Å². The van der Waals surface area contributed by atoms with Gasteiger partial charge in [-0.15, -0.1) is 11.3 Å². The topological polar surface area (TPSA) is 101 Å². The number of amides is 3. The molecule has 1 heterocycles. The van der Waals surface area contributed by atoms with Gasteiger partial charge in [0.15, 0.2) is 0 Å². The van der Waals surface area contributed by atoms with E-state index in [-0.39, 0.29) is 23.8 Å². The van der Waals surface area contributed by atoms with E-state index >= 15 is 0 Å². The minimum Gasteiger partial charge on any atom is -0.365 e. The molecule has 1 unspecified atom stereocenters. The largest absolute Gasteiger partial charge is 0.365 e. The summed E-state index contributed by atoms with van der Waals surface area (Å²) in [7, 11) is 0. The summed E-state index contributed by atoms with van der Waals surface area (Å²) in [6, 6.07) is 15.8. The van der Waals surface area contributed by atoms with Gasteiger partial charge in [0.05, 0.1) is 18.0 Å². The Morgan fingerprint density at radius 1 is 1.06 bits per heavy atom. The molecule has 4 N–H and O–H groups in total. The van der Waals surface area contributed by atoms with Gasteiger partial charge < -0.3 is 16.4 Å². The zero-order chi connectivity index (χ0) is 22.5. The van der Waals surface area contributed by atoms with Gasteiger partial charge >= 0.3 is 0 Å². The second kappa shape index (κ2) is 9.76.